The highest BCUT2D eigenvalue weighted by atomic mass is 32.2. The number of halogens is 1. The Morgan fingerprint density at radius 2 is 1.93 bits per heavy atom. The van der Waals surface area contributed by atoms with Crippen molar-refractivity contribution < 1.29 is 27.1 Å². The van der Waals surface area contributed by atoms with Crippen molar-refractivity contribution in [2.45, 2.75) is 79.3 Å². The fraction of sp³-hybridized carbons (Fsp3) is 0.667. The molecule has 1 N–H and O–H groups in total. The molecule has 0 aromatic carbocycles. The number of carbonyl (C=O) groups excluding carboxylic acids is 2. The molecule has 2 aliphatic carbocycles. The van der Waals surface area contributed by atoms with Gasteiger partial charge in [0.15, 0.2) is 11.6 Å². The molecule has 10 nitrogen and oxygen atoms in total. The maximum atomic E-state index is 15.6. The van der Waals surface area contributed by atoms with Crippen molar-refractivity contribution in [1.82, 2.24) is 14.3 Å². The standard InChI is InChI=1S/C30H41FN4O6S/c1-8-41-27(38)20-14-35(28(3,4)5)25-19(24(20)37)12-21(31)26(32-25)34-13-17(2)22(15-34)33-42(39,40)16-30-10-9-18(11-23(30)36)29(30,6)7/h12,14,17-18,22,33H,8-11,13,15-16H2,1-7H3/t17-,18+,22-,30+/m1/s1. The molecule has 0 amide bonds. The van der Waals surface area contributed by atoms with Gasteiger partial charge in [0.05, 0.1) is 17.7 Å². The Balaban J connectivity index is 1.45. The van der Waals surface area contributed by atoms with Gasteiger partial charge < -0.3 is 14.2 Å². The van der Waals surface area contributed by atoms with Gasteiger partial charge in [0, 0.05) is 42.7 Å². The van der Waals surface area contributed by atoms with Crippen molar-refractivity contribution in [3.63, 3.8) is 0 Å². The van der Waals surface area contributed by atoms with E-state index in [9.17, 15) is 22.8 Å². The number of sulfonamides is 1. The number of ether oxygens (including phenoxy) is 1. The molecule has 1 aliphatic heterocycles. The van der Waals surface area contributed by atoms with Crippen LogP contribution in [-0.2, 0) is 25.1 Å². The first kappa shape index (κ1) is 30.6. The lowest BCUT2D eigenvalue weighted by atomic mass is 9.70. The Hall–Kier alpha value is -2.86. The summed E-state index contributed by atoms with van der Waals surface area (Å²) in [6, 6.07) is 0.576. The van der Waals surface area contributed by atoms with Gasteiger partial charge in [0.2, 0.25) is 15.5 Å². The first-order valence-electron chi connectivity index (χ1n) is 14.6. The van der Waals surface area contributed by atoms with E-state index in [1.807, 2.05) is 41.5 Å². The molecule has 3 heterocycles. The van der Waals surface area contributed by atoms with Crippen molar-refractivity contribution in [2.75, 3.05) is 30.3 Å². The molecule has 42 heavy (non-hydrogen) atoms. The highest BCUT2D eigenvalue weighted by molar-refractivity contribution is 7.89. The van der Waals surface area contributed by atoms with Crippen molar-refractivity contribution >= 4 is 38.6 Å². The number of rotatable bonds is 7. The minimum atomic E-state index is -3.83. The maximum Gasteiger partial charge on any atom is 0.343 e. The molecule has 5 rings (SSSR count). The fourth-order valence-electron chi connectivity index (χ4n) is 7.30. The number of nitrogens with zero attached hydrogens (tertiary/aromatic N) is 3. The number of hydrogen-bond acceptors (Lipinski definition) is 8. The molecule has 0 unspecified atom stereocenters. The van der Waals surface area contributed by atoms with E-state index in [0.29, 0.717) is 19.4 Å². The second-order valence-electron chi connectivity index (χ2n) is 13.8. The number of ketones is 1. The number of pyridine rings is 2. The molecular weight excluding hydrogens is 563 g/mol. The third-order valence-corrected chi connectivity index (χ3v) is 11.5. The molecule has 2 aromatic heterocycles. The number of fused-ring (bicyclic) bond motifs is 3. The Kier molecular flexibility index (Phi) is 7.36. The van der Waals surface area contributed by atoms with Crippen LogP contribution in [-0.4, -0.2) is 61.2 Å². The Labute approximate surface area is 246 Å². The zero-order valence-electron chi connectivity index (χ0n) is 25.4. The van der Waals surface area contributed by atoms with Crippen LogP contribution in [0.2, 0.25) is 0 Å². The lowest BCUT2D eigenvalue weighted by Crippen LogP contribution is -2.48. The molecule has 2 aromatic rings. The first-order valence-corrected chi connectivity index (χ1v) is 16.3. The molecule has 3 aliphatic rings. The summed E-state index contributed by atoms with van der Waals surface area (Å²) in [4.78, 5) is 44.9. The van der Waals surface area contributed by atoms with Crippen molar-refractivity contribution in [3.05, 3.63) is 33.9 Å². The fourth-order valence-corrected chi connectivity index (χ4v) is 9.48. The molecule has 0 spiro atoms. The Morgan fingerprint density at radius 1 is 1.24 bits per heavy atom. The molecule has 2 bridgehead atoms. The van der Waals surface area contributed by atoms with Crippen LogP contribution >= 0.6 is 0 Å². The number of hydrogen-bond donors (Lipinski definition) is 1. The average molecular weight is 605 g/mol. The van der Waals surface area contributed by atoms with Crippen LogP contribution in [0.15, 0.2) is 17.1 Å². The zero-order chi connectivity index (χ0) is 31.0. The second kappa shape index (κ2) is 10.1. The van der Waals surface area contributed by atoms with E-state index in [1.165, 1.54) is 6.20 Å². The van der Waals surface area contributed by atoms with Gasteiger partial charge in [0.25, 0.3) is 0 Å². The SMILES string of the molecule is CCOC(=O)c1cn(C(C)(C)C)c2nc(N3C[C@@H](C)[C@H](NS(=O)(=O)C[C@@]45CC[C@@H](CC4=O)C5(C)C)C3)c(F)cc2c1=O. The Bertz CT molecular complexity index is 1630. The smallest absolute Gasteiger partial charge is 0.343 e. The van der Waals surface area contributed by atoms with E-state index in [2.05, 4.69) is 9.71 Å². The minimum absolute atomic E-state index is 0.00154. The summed E-state index contributed by atoms with van der Waals surface area (Å²) in [5.74, 6) is -1.70. The van der Waals surface area contributed by atoms with Gasteiger partial charge in [-0.2, -0.15) is 0 Å². The average Bonchev–Trinajstić information content (AvgIpc) is 3.40. The van der Waals surface area contributed by atoms with Gasteiger partial charge in [-0.05, 0) is 63.9 Å². The van der Waals surface area contributed by atoms with E-state index in [-0.39, 0.29) is 64.4 Å². The maximum absolute atomic E-state index is 15.6. The molecular formula is C30H41FN4O6S. The van der Waals surface area contributed by atoms with Gasteiger partial charge >= 0.3 is 5.97 Å². The summed E-state index contributed by atoms with van der Waals surface area (Å²) in [6.45, 7) is 13.8. The summed E-state index contributed by atoms with van der Waals surface area (Å²) in [6.07, 6.45) is 3.27. The molecule has 230 valence electrons. The minimum Gasteiger partial charge on any atom is -0.462 e. The van der Waals surface area contributed by atoms with Gasteiger partial charge in [-0.25, -0.2) is 27.3 Å². The highest BCUT2D eigenvalue weighted by Crippen LogP contribution is 2.64. The van der Waals surface area contributed by atoms with E-state index in [0.717, 1.165) is 12.5 Å². The van der Waals surface area contributed by atoms with Crippen LogP contribution in [0.4, 0.5) is 10.2 Å². The van der Waals surface area contributed by atoms with Crippen molar-refractivity contribution in [1.29, 1.82) is 0 Å². The zero-order valence-corrected chi connectivity index (χ0v) is 26.2. The van der Waals surface area contributed by atoms with Crippen LogP contribution in [0.5, 0.6) is 0 Å². The van der Waals surface area contributed by atoms with Crippen LogP contribution < -0.4 is 15.1 Å². The largest absolute Gasteiger partial charge is 0.462 e. The van der Waals surface area contributed by atoms with E-state index >= 15 is 4.39 Å². The van der Waals surface area contributed by atoms with E-state index < -0.39 is 44.2 Å². The first-order chi connectivity index (χ1) is 19.4. The summed E-state index contributed by atoms with van der Waals surface area (Å²) < 4.78 is 52.1. The van der Waals surface area contributed by atoms with Gasteiger partial charge in [-0.1, -0.05) is 20.8 Å². The monoisotopic (exact) mass is 604 g/mol. The van der Waals surface area contributed by atoms with Gasteiger partial charge in [-0.3, -0.25) is 9.59 Å². The number of carbonyl (C=O) groups is 2. The molecule has 3 fully saturated rings. The lowest BCUT2D eigenvalue weighted by molar-refractivity contribution is -0.128. The summed E-state index contributed by atoms with van der Waals surface area (Å²) in [5, 5.41) is -0.0424. The lowest BCUT2D eigenvalue weighted by Gasteiger charge is -2.36. The molecule has 4 atom stereocenters. The highest BCUT2D eigenvalue weighted by Gasteiger charge is 2.65. The normalized spacial score (nSPS) is 27.3. The third-order valence-electron chi connectivity index (χ3n) is 9.95. The van der Waals surface area contributed by atoms with Crippen molar-refractivity contribution in [3.8, 4) is 0 Å². The number of Topliss-reactive ketones (excluding diaryl/α,β-unsaturated/α-hetero) is 1. The summed E-state index contributed by atoms with van der Waals surface area (Å²) in [5.41, 5.74) is -2.52. The van der Waals surface area contributed by atoms with Crippen LogP contribution in [0.3, 0.4) is 0 Å². The molecule has 1 saturated heterocycles. The summed E-state index contributed by atoms with van der Waals surface area (Å²) in [7, 11) is -3.83. The second-order valence-corrected chi connectivity index (χ2v) is 15.6. The molecule has 2 saturated carbocycles. The van der Waals surface area contributed by atoms with Gasteiger partial charge in [0.1, 0.15) is 17.0 Å². The van der Waals surface area contributed by atoms with Crippen LogP contribution in [0, 0.1) is 28.5 Å². The predicted octanol–water partition coefficient (Wildman–Crippen LogP) is 3.61. The number of esters is 1. The number of anilines is 1. The molecule has 12 heteroatoms. The number of aromatic nitrogens is 2. The quantitative estimate of drug-likeness (QED) is 0.475. The van der Waals surface area contributed by atoms with E-state index in [1.54, 1.807) is 16.4 Å². The van der Waals surface area contributed by atoms with Gasteiger partial charge in [-0.15, -0.1) is 0 Å². The number of nitrogens with one attached hydrogen (secondary N) is 1. The Morgan fingerprint density at radius 3 is 2.50 bits per heavy atom. The molecule has 0 radical (unpaired) electrons. The van der Waals surface area contributed by atoms with Crippen molar-refractivity contribution in [2.24, 2.45) is 22.7 Å². The van der Waals surface area contributed by atoms with E-state index in [4.69, 9.17) is 4.74 Å². The van der Waals surface area contributed by atoms with Crippen LogP contribution in [0.25, 0.3) is 11.0 Å². The predicted molar refractivity (Wildman–Crippen MR) is 158 cm³/mol. The van der Waals surface area contributed by atoms with Crippen LogP contribution in [0.1, 0.15) is 78.1 Å². The topological polar surface area (TPSA) is 128 Å². The third kappa shape index (κ3) is 4.84. The summed E-state index contributed by atoms with van der Waals surface area (Å²) >= 11 is 0.